The van der Waals surface area contributed by atoms with Crippen LogP contribution in [0.25, 0.3) is 0 Å². The van der Waals surface area contributed by atoms with Gasteiger partial charge in [-0.2, -0.15) is 0 Å². The lowest BCUT2D eigenvalue weighted by Crippen LogP contribution is -2.28. The maximum Gasteiger partial charge on any atom is 0.245 e. The molecule has 2 rings (SSSR count). The van der Waals surface area contributed by atoms with Crippen LogP contribution in [0.1, 0.15) is 11.6 Å². The number of anilines is 1. The SMILES string of the molecule is NC(C(=O)Nc1ccccc1S(N)(=O)=O)c1ccccc1. The molecule has 0 spiro atoms. The van der Waals surface area contributed by atoms with Gasteiger partial charge in [0.1, 0.15) is 10.9 Å². The Hall–Kier alpha value is -2.22. The highest BCUT2D eigenvalue weighted by atomic mass is 32.2. The Bertz CT molecular complexity index is 745. The van der Waals surface area contributed by atoms with Gasteiger partial charge in [0.15, 0.2) is 0 Å². The maximum atomic E-state index is 12.1. The monoisotopic (exact) mass is 305 g/mol. The average Bonchev–Trinajstić information content (AvgIpc) is 2.47. The fourth-order valence-electron chi connectivity index (χ4n) is 1.84. The fraction of sp³-hybridized carbons (Fsp3) is 0.0714. The van der Waals surface area contributed by atoms with E-state index in [2.05, 4.69) is 5.32 Å². The number of primary sulfonamides is 1. The van der Waals surface area contributed by atoms with Gasteiger partial charge in [-0.05, 0) is 17.7 Å². The number of carbonyl (C=O) groups is 1. The number of carbonyl (C=O) groups excluding carboxylic acids is 1. The van der Waals surface area contributed by atoms with Crippen LogP contribution in [0.3, 0.4) is 0 Å². The minimum atomic E-state index is -3.92. The van der Waals surface area contributed by atoms with Crippen LogP contribution >= 0.6 is 0 Å². The lowest BCUT2D eigenvalue weighted by molar-refractivity contribution is -0.117. The van der Waals surface area contributed by atoms with E-state index in [0.717, 1.165) is 0 Å². The van der Waals surface area contributed by atoms with Crippen LogP contribution < -0.4 is 16.2 Å². The zero-order chi connectivity index (χ0) is 15.5. The minimum absolute atomic E-state index is 0.108. The highest BCUT2D eigenvalue weighted by Crippen LogP contribution is 2.21. The predicted molar refractivity (Wildman–Crippen MR) is 79.8 cm³/mol. The largest absolute Gasteiger partial charge is 0.323 e. The normalized spacial score (nSPS) is 12.7. The van der Waals surface area contributed by atoms with E-state index in [1.54, 1.807) is 30.3 Å². The zero-order valence-corrected chi connectivity index (χ0v) is 11.9. The Morgan fingerprint density at radius 3 is 2.19 bits per heavy atom. The number of hydrogen-bond acceptors (Lipinski definition) is 4. The van der Waals surface area contributed by atoms with Crippen LogP contribution in [0.2, 0.25) is 0 Å². The third kappa shape index (κ3) is 3.66. The topological polar surface area (TPSA) is 115 Å². The second-order valence-corrected chi connectivity index (χ2v) is 5.95. The summed E-state index contributed by atoms with van der Waals surface area (Å²) in [7, 11) is -3.92. The van der Waals surface area contributed by atoms with E-state index >= 15 is 0 Å². The van der Waals surface area contributed by atoms with Crippen LogP contribution in [0.4, 0.5) is 5.69 Å². The van der Waals surface area contributed by atoms with Crippen LogP contribution in [-0.2, 0) is 14.8 Å². The molecule has 110 valence electrons. The minimum Gasteiger partial charge on any atom is -0.323 e. The first-order chi connectivity index (χ1) is 9.89. The van der Waals surface area contributed by atoms with Gasteiger partial charge in [0.2, 0.25) is 15.9 Å². The number of rotatable bonds is 4. The van der Waals surface area contributed by atoms with Crippen molar-refractivity contribution in [3.8, 4) is 0 Å². The van der Waals surface area contributed by atoms with Crippen molar-refractivity contribution >= 4 is 21.6 Å². The molecular weight excluding hydrogens is 290 g/mol. The molecule has 0 aromatic heterocycles. The van der Waals surface area contributed by atoms with Crippen molar-refractivity contribution in [2.75, 3.05) is 5.32 Å². The third-order valence-electron chi connectivity index (χ3n) is 2.89. The van der Waals surface area contributed by atoms with Crippen molar-refractivity contribution in [2.24, 2.45) is 10.9 Å². The van der Waals surface area contributed by atoms with Crippen LogP contribution in [-0.4, -0.2) is 14.3 Å². The Morgan fingerprint density at radius 2 is 1.57 bits per heavy atom. The molecule has 0 heterocycles. The number of benzene rings is 2. The van der Waals surface area contributed by atoms with Gasteiger partial charge in [-0.15, -0.1) is 0 Å². The lowest BCUT2D eigenvalue weighted by Gasteiger charge is -2.14. The third-order valence-corrected chi connectivity index (χ3v) is 3.86. The Labute approximate surface area is 122 Å². The molecule has 0 aliphatic heterocycles. The summed E-state index contributed by atoms with van der Waals surface area (Å²) < 4.78 is 22.9. The molecule has 2 aromatic rings. The molecule has 1 unspecified atom stereocenters. The van der Waals surface area contributed by atoms with E-state index in [9.17, 15) is 13.2 Å². The highest BCUT2D eigenvalue weighted by Gasteiger charge is 2.19. The fourth-order valence-corrected chi connectivity index (χ4v) is 2.53. The highest BCUT2D eigenvalue weighted by molar-refractivity contribution is 7.89. The first-order valence-corrected chi connectivity index (χ1v) is 7.67. The molecule has 1 atom stereocenters. The molecule has 2 aromatic carbocycles. The molecule has 0 saturated carbocycles. The van der Waals surface area contributed by atoms with E-state index in [-0.39, 0.29) is 10.6 Å². The molecule has 7 heteroatoms. The summed E-state index contributed by atoms with van der Waals surface area (Å²) >= 11 is 0. The van der Waals surface area contributed by atoms with Crippen LogP contribution in [0.15, 0.2) is 59.5 Å². The summed E-state index contributed by atoms with van der Waals surface area (Å²) in [4.78, 5) is 12.0. The number of amides is 1. The summed E-state index contributed by atoms with van der Waals surface area (Å²) in [5, 5.41) is 7.60. The van der Waals surface area contributed by atoms with E-state index in [1.807, 2.05) is 6.07 Å². The first kappa shape index (κ1) is 15.2. The van der Waals surface area contributed by atoms with E-state index in [1.165, 1.54) is 18.2 Å². The van der Waals surface area contributed by atoms with Crippen molar-refractivity contribution in [1.29, 1.82) is 0 Å². The molecule has 0 saturated heterocycles. The molecule has 0 fully saturated rings. The summed E-state index contributed by atoms with van der Waals surface area (Å²) in [6.07, 6.45) is 0. The summed E-state index contributed by atoms with van der Waals surface area (Å²) in [5.41, 5.74) is 6.59. The molecule has 0 radical (unpaired) electrons. The summed E-state index contributed by atoms with van der Waals surface area (Å²) in [6.45, 7) is 0. The predicted octanol–water partition coefficient (Wildman–Crippen LogP) is 0.972. The average molecular weight is 305 g/mol. The van der Waals surface area contributed by atoms with Crippen LogP contribution in [0.5, 0.6) is 0 Å². The van der Waals surface area contributed by atoms with Crippen molar-refractivity contribution < 1.29 is 13.2 Å². The standard InChI is InChI=1S/C14H15N3O3S/c15-13(10-6-2-1-3-7-10)14(18)17-11-8-4-5-9-12(11)21(16,19)20/h1-9,13H,15H2,(H,17,18)(H2,16,19,20). The zero-order valence-electron chi connectivity index (χ0n) is 11.1. The quantitative estimate of drug-likeness (QED) is 0.780. The molecule has 1 amide bonds. The van der Waals surface area contributed by atoms with Gasteiger partial charge in [-0.3, -0.25) is 4.79 Å². The smallest absolute Gasteiger partial charge is 0.245 e. The summed E-state index contributed by atoms with van der Waals surface area (Å²) in [6, 6.07) is 13.8. The molecule has 0 bridgehead atoms. The lowest BCUT2D eigenvalue weighted by atomic mass is 10.1. The van der Waals surface area contributed by atoms with Gasteiger partial charge in [0.05, 0.1) is 5.69 Å². The molecule has 5 N–H and O–H groups in total. The second-order valence-electron chi connectivity index (χ2n) is 4.42. The van der Waals surface area contributed by atoms with Gasteiger partial charge in [0.25, 0.3) is 0 Å². The number of nitrogens with one attached hydrogen (secondary N) is 1. The second kappa shape index (κ2) is 6.04. The van der Waals surface area contributed by atoms with Crippen LogP contribution in [0, 0.1) is 0 Å². The van der Waals surface area contributed by atoms with Crippen molar-refractivity contribution in [3.63, 3.8) is 0 Å². The molecule has 6 nitrogen and oxygen atoms in total. The maximum absolute atomic E-state index is 12.1. The Morgan fingerprint density at radius 1 is 1.00 bits per heavy atom. The van der Waals surface area contributed by atoms with Gasteiger partial charge in [0, 0.05) is 0 Å². The molecule has 21 heavy (non-hydrogen) atoms. The van der Waals surface area contributed by atoms with Crippen molar-refractivity contribution in [2.45, 2.75) is 10.9 Å². The molecule has 0 aliphatic carbocycles. The summed E-state index contributed by atoms with van der Waals surface area (Å²) in [5.74, 6) is -0.516. The van der Waals surface area contributed by atoms with Crippen molar-refractivity contribution in [1.82, 2.24) is 0 Å². The number of nitrogens with two attached hydrogens (primary N) is 2. The molecular formula is C14H15N3O3S. The van der Waals surface area contributed by atoms with Gasteiger partial charge < -0.3 is 11.1 Å². The first-order valence-electron chi connectivity index (χ1n) is 6.13. The van der Waals surface area contributed by atoms with Crippen molar-refractivity contribution in [3.05, 3.63) is 60.2 Å². The Balaban J connectivity index is 2.25. The van der Waals surface area contributed by atoms with E-state index in [0.29, 0.717) is 5.56 Å². The number of sulfonamides is 1. The van der Waals surface area contributed by atoms with Gasteiger partial charge >= 0.3 is 0 Å². The Kier molecular flexibility index (Phi) is 4.37. The van der Waals surface area contributed by atoms with Gasteiger partial charge in [-0.25, -0.2) is 13.6 Å². The molecule has 0 aliphatic rings. The number of hydrogen-bond donors (Lipinski definition) is 3. The van der Waals surface area contributed by atoms with Gasteiger partial charge in [-0.1, -0.05) is 42.5 Å². The number of para-hydroxylation sites is 1. The van der Waals surface area contributed by atoms with E-state index < -0.39 is 22.0 Å². The van der Waals surface area contributed by atoms with E-state index in [4.69, 9.17) is 10.9 Å².